The molecule has 0 radical (unpaired) electrons. The second-order valence-electron chi connectivity index (χ2n) is 5.77. The Bertz CT molecular complexity index is 886. The van der Waals surface area contributed by atoms with Crippen LogP contribution < -0.4 is 10.6 Å². The molecule has 27 heavy (non-hydrogen) atoms. The van der Waals surface area contributed by atoms with Gasteiger partial charge in [-0.3, -0.25) is 14.7 Å². The number of hydrogen-bond donors (Lipinski definition) is 4. The van der Waals surface area contributed by atoms with E-state index >= 15 is 0 Å². The van der Waals surface area contributed by atoms with E-state index in [-0.39, 0.29) is 11.3 Å². The maximum absolute atomic E-state index is 13.0. The number of nitrogens with one attached hydrogen (secondary N) is 3. The fraction of sp³-hybridized carbons (Fsp3) is 0.250. The summed E-state index contributed by atoms with van der Waals surface area (Å²) in [5.74, 6) is -1.64. The van der Waals surface area contributed by atoms with Crippen LogP contribution in [0.4, 0.5) is 18.9 Å². The predicted octanol–water partition coefficient (Wildman–Crippen LogP) is 1.42. The predicted molar refractivity (Wildman–Crippen MR) is 86.3 cm³/mol. The van der Waals surface area contributed by atoms with Gasteiger partial charge in [-0.1, -0.05) is 0 Å². The fourth-order valence-electron chi connectivity index (χ4n) is 2.03. The van der Waals surface area contributed by atoms with E-state index in [0.717, 1.165) is 19.1 Å². The van der Waals surface area contributed by atoms with Crippen LogP contribution in [0.3, 0.4) is 0 Å². The molecule has 1 aromatic heterocycles. The van der Waals surface area contributed by atoms with Crippen LogP contribution in [0.2, 0.25) is 0 Å². The third-order valence-electron chi connectivity index (χ3n) is 3.55. The van der Waals surface area contributed by atoms with E-state index in [1.54, 1.807) is 0 Å². The van der Waals surface area contributed by atoms with Crippen LogP contribution in [0.25, 0.3) is 0 Å². The highest BCUT2D eigenvalue weighted by atomic mass is 19.4. The molecule has 4 N–H and O–H groups in total. The first-order chi connectivity index (χ1) is 12.5. The lowest BCUT2D eigenvalue weighted by Crippen LogP contribution is -2.49. The smallest absolute Gasteiger partial charge is 0.378 e. The minimum Gasteiger partial charge on any atom is -0.378 e. The summed E-state index contributed by atoms with van der Waals surface area (Å²) in [5, 5.41) is 29.4. The molecule has 0 bridgehead atoms. The number of halogens is 3. The molecule has 0 fully saturated rings. The van der Waals surface area contributed by atoms with Gasteiger partial charge in [-0.25, -0.2) is 0 Å². The number of alkyl halides is 3. The molecular weight excluding hydrogens is 367 g/mol. The van der Waals surface area contributed by atoms with Crippen molar-refractivity contribution in [2.24, 2.45) is 0 Å². The zero-order valence-corrected chi connectivity index (χ0v) is 13.9. The van der Waals surface area contributed by atoms with Gasteiger partial charge >= 0.3 is 6.18 Å². The van der Waals surface area contributed by atoms with Crippen molar-refractivity contribution in [1.29, 1.82) is 5.26 Å². The molecule has 0 unspecified atom stereocenters. The maximum Gasteiger partial charge on any atom is 0.417 e. The van der Waals surface area contributed by atoms with Gasteiger partial charge in [-0.15, -0.1) is 0 Å². The zero-order chi connectivity index (χ0) is 20.2. The molecule has 2 rings (SSSR count). The number of anilines is 1. The molecule has 0 spiro atoms. The highest BCUT2D eigenvalue weighted by Gasteiger charge is 2.35. The molecule has 142 valence electrons. The number of aliphatic hydroxyl groups is 1. The molecule has 1 aromatic carbocycles. The maximum atomic E-state index is 13.0. The molecule has 2 amide bonds. The standard InChI is InChI=1S/C16H14F3N5O3/c1-15(27,8-21-13(25)10-6-22-23-7-10)14(26)24-11-3-2-9(5-20)12(4-11)16(17,18)19/h2-4,6-7,27H,8H2,1H3,(H,21,25)(H,22,23)(H,24,26)/t15-/m0/s1. The number of carbonyl (C=O) groups excluding carboxylic acids is 2. The quantitative estimate of drug-likeness (QED) is 0.622. The van der Waals surface area contributed by atoms with Crippen molar-refractivity contribution in [1.82, 2.24) is 15.5 Å². The summed E-state index contributed by atoms with van der Waals surface area (Å²) in [6.07, 6.45) is -2.24. The van der Waals surface area contributed by atoms with Crippen molar-refractivity contribution in [2.45, 2.75) is 18.7 Å². The topological polar surface area (TPSA) is 131 Å². The number of amides is 2. The molecule has 0 saturated carbocycles. The first-order valence-electron chi connectivity index (χ1n) is 7.47. The highest BCUT2D eigenvalue weighted by Crippen LogP contribution is 2.33. The van der Waals surface area contributed by atoms with Crippen molar-refractivity contribution in [3.63, 3.8) is 0 Å². The van der Waals surface area contributed by atoms with Crippen LogP contribution >= 0.6 is 0 Å². The van der Waals surface area contributed by atoms with E-state index in [1.807, 2.05) is 0 Å². The monoisotopic (exact) mass is 381 g/mol. The Morgan fingerprint density at radius 2 is 2.07 bits per heavy atom. The highest BCUT2D eigenvalue weighted by molar-refractivity contribution is 5.98. The van der Waals surface area contributed by atoms with Gasteiger partial charge in [0.05, 0.1) is 35.5 Å². The number of aromatic amines is 1. The third-order valence-corrected chi connectivity index (χ3v) is 3.55. The summed E-state index contributed by atoms with van der Waals surface area (Å²) in [4.78, 5) is 24.0. The van der Waals surface area contributed by atoms with Gasteiger partial charge in [0, 0.05) is 11.9 Å². The lowest BCUT2D eigenvalue weighted by molar-refractivity contribution is -0.138. The third kappa shape index (κ3) is 4.83. The molecule has 0 aliphatic rings. The van der Waals surface area contributed by atoms with E-state index in [0.29, 0.717) is 6.07 Å². The van der Waals surface area contributed by atoms with Crippen LogP contribution in [0.15, 0.2) is 30.6 Å². The van der Waals surface area contributed by atoms with Crippen molar-refractivity contribution in [2.75, 3.05) is 11.9 Å². The summed E-state index contributed by atoms with van der Waals surface area (Å²) < 4.78 is 38.9. The van der Waals surface area contributed by atoms with Gasteiger partial charge in [0.15, 0.2) is 5.60 Å². The molecule has 2 aromatic rings. The summed E-state index contributed by atoms with van der Waals surface area (Å²) in [6, 6.07) is 4.03. The molecule has 1 heterocycles. The van der Waals surface area contributed by atoms with Crippen molar-refractivity contribution in [3.05, 3.63) is 47.3 Å². The van der Waals surface area contributed by atoms with Crippen molar-refractivity contribution in [3.8, 4) is 6.07 Å². The molecule has 0 aliphatic heterocycles. The molecule has 8 nitrogen and oxygen atoms in total. The van der Waals surface area contributed by atoms with Gasteiger partial charge < -0.3 is 15.7 Å². The Morgan fingerprint density at radius 3 is 2.63 bits per heavy atom. The average molecular weight is 381 g/mol. The average Bonchev–Trinajstić information content (AvgIpc) is 3.13. The Balaban J connectivity index is 2.09. The summed E-state index contributed by atoms with van der Waals surface area (Å²) in [7, 11) is 0. The summed E-state index contributed by atoms with van der Waals surface area (Å²) in [6.45, 7) is 0.595. The lowest BCUT2D eigenvalue weighted by Gasteiger charge is -2.23. The van der Waals surface area contributed by atoms with Crippen LogP contribution in [-0.4, -0.2) is 39.3 Å². The summed E-state index contributed by atoms with van der Waals surface area (Å²) in [5.41, 5.74) is -4.00. The largest absolute Gasteiger partial charge is 0.417 e. The Hall–Kier alpha value is -3.39. The number of nitrogens with zero attached hydrogens (tertiary/aromatic N) is 2. The second kappa shape index (κ2) is 7.46. The van der Waals surface area contributed by atoms with Gasteiger partial charge in [0.1, 0.15) is 0 Å². The van der Waals surface area contributed by atoms with Crippen molar-refractivity contribution < 1.29 is 27.9 Å². The Kier molecular flexibility index (Phi) is 5.51. The van der Waals surface area contributed by atoms with Gasteiger partial charge in [0.2, 0.25) is 0 Å². The molecular formula is C16H14F3N5O3. The van der Waals surface area contributed by atoms with E-state index in [4.69, 9.17) is 5.26 Å². The first-order valence-corrected chi connectivity index (χ1v) is 7.47. The Labute approximate surface area is 151 Å². The minimum atomic E-state index is -4.78. The first kappa shape index (κ1) is 19.9. The fourth-order valence-corrected chi connectivity index (χ4v) is 2.03. The second-order valence-corrected chi connectivity index (χ2v) is 5.77. The van der Waals surface area contributed by atoms with Gasteiger partial charge in [0.25, 0.3) is 11.8 Å². The number of aromatic nitrogens is 2. The van der Waals surface area contributed by atoms with E-state index in [9.17, 15) is 27.9 Å². The van der Waals surface area contributed by atoms with E-state index in [1.165, 1.54) is 18.5 Å². The number of carbonyl (C=O) groups is 2. The number of hydrogen-bond acceptors (Lipinski definition) is 5. The van der Waals surface area contributed by atoms with Gasteiger partial charge in [-0.2, -0.15) is 23.5 Å². The molecule has 11 heteroatoms. The minimum absolute atomic E-state index is 0.174. The van der Waals surface area contributed by atoms with Gasteiger partial charge in [-0.05, 0) is 25.1 Å². The SMILES string of the molecule is C[C@](O)(CNC(=O)c1cn[nH]c1)C(=O)Nc1ccc(C#N)c(C(F)(F)F)c1. The molecule has 0 aliphatic carbocycles. The van der Waals surface area contributed by atoms with Crippen LogP contribution in [-0.2, 0) is 11.0 Å². The van der Waals surface area contributed by atoms with Crippen LogP contribution in [0.5, 0.6) is 0 Å². The number of benzene rings is 1. The zero-order valence-electron chi connectivity index (χ0n) is 13.9. The number of H-pyrrole nitrogens is 1. The molecule has 1 atom stereocenters. The Morgan fingerprint density at radius 1 is 1.37 bits per heavy atom. The van der Waals surface area contributed by atoms with Crippen LogP contribution in [0.1, 0.15) is 28.4 Å². The van der Waals surface area contributed by atoms with Crippen molar-refractivity contribution >= 4 is 17.5 Å². The van der Waals surface area contributed by atoms with Crippen LogP contribution in [0, 0.1) is 11.3 Å². The van der Waals surface area contributed by atoms with E-state index in [2.05, 4.69) is 20.8 Å². The number of rotatable bonds is 5. The number of nitriles is 1. The molecule has 0 saturated heterocycles. The van der Waals surface area contributed by atoms with E-state index < -0.39 is 41.3 Å². The normalized spacial score (nSPS) is 13.3. The summed E-state index contributed by atoms with van der Waals surface area (Å²) >= 11 is 0. The lowest BCUT2D eigenvalue weighted by atomic mass is 10.0.